The third-order valence-corrected chi connectivity index (χ3v) is 3.26. The maximum Gasteiger partial charge on any atom is 0.357 e. The van der Waals surface area contributed by atoms with Crippen LogP contribution in [0.25, 0.3) is 0 Å². The van der Waals surface area contributed by atoms with Crippen molar-refractivity contribution in [2.24, 2.45) is 5.92 Å². The van der Waals surface area contributed by atoms with Gasteiger partial charge in [0.1, 0.15) is 0 Å². The Morgan fingerprint density at radius 3 is 2.74 bits per heavy atom. The Morgan fingerprint density at radius 2 is 2.11 bits per heavy atom. The first-order chi connectivity index (χ1) is 9.06. The fourth-order valence-corrected chi connectivity index (χ4v) is 2.10. The van der Waals surface area contributed by atoms with Crippen LogP contribution in [0, 0.1) is 5.92 Å². The van der Waals surface area contributed by atoms with E-state index in [1.165, 1.54) is 0 Å². The maximum atomic E-state index is 11.8. The lowest BCUT2D eigenvalue weighted by Crippen LogP contribution is -2.34. The van der Waals surface area contributed by atoms with E-state index in [-0.39, 0.29) is 12.1 Å². The average molecular weight is 263 g/mol. The van der Waals surface area contributed by atoms with Crippen LogP contribution in [-0.2, 0) is 4.74 Å². The van der Waals surface area contributed by atoms with E-state index >= 15 is 0 Å². The Labute approximate surface area is 114 Å². The number of carbonyl (C=O) groups excluding carboxylic acids is 1. The summed E-state index contributed by atoms with van der Waals surface area (Å²) in [5, 5.41) is 0. The molecule has 1 aromatic heterocycles. The molecule has 0 amide bonds. The summed E-state index contributed by atoms with van der Waals surface area (Å²) < 4.78 is 5.15. The van der Waals surface area contributed by atoms with Gasteiger partial charge in [0, 0.05) is 19.3 Å². The molecule has 1 saturated heterocycles. The van der Waals surface area contributed by atoms with Crippen LogP contribution >= 0.6 is 0 Å². The Hall–Kier alpha value is -1.65. The van der Waals surface area contributed by atoms with E-state index in [2.05, 4.69) is 21.8 Å². The van der Waals surface area contributed by atoms with Gasteiger partial charge in [0.15, 0.2) is 5.69 Å². The molecule has 1 aromatic rings. The lowest BCUT2D eigenvalue weighted by molar-refractivity contribution is 0.0370. The Morgan fingerprint density at radius 1 is 1.42 bits per heavy atom. The summed E-state index contributed by atoms with van der Waals surface area (Å²) in [4.78, 5) is 22.5. The SMILES string of the molecule is CC1CCN(c2nccc(C(=O)OC(C)C)n2)CC1. The predicted molar refractivity (Wildman–Crippen MR) is 73.2 cm³/mol. The molecule has 5 nitrogen and oxygen atoms in total. The van der Waals surface area contributed by atoms with Gasteiger partial charge in [-0.15, -0.1) is 0 Å². The van der Waals surface area contributed by atoms with Crippen LogP contribution in [-0.4, -0.2) is 35.1 Å². The number of rotatable bonds is 3. The van der Waals surface area contributed by atoms with E-state index in [0.29, 0.717) is 11.6 Å². The average Bonchev–Trinajstić information content (AvgIpc) is 2.39. The van der Waals surface area contributed by atoms with Crippen LogP contribution in [0.1, 0.15) is 44.1 Å². The highest BCUT2D eigenvalue weighted by atomic mass is 16.5. The zero-order valence-corrected chi connectivity index (χ0v) is 11.8. The maximum absolute atomic E-state index is 11.8. The number of nitrogens with zero attached hydrogens (tertiary/aromatic N) is 3. The number of piperidine rings is 1. The molecule has 0 radical (unpaired) electrons. The van der Waals surface area contributed by atoms with Crippen LogP contribution in [0.15, 0.2) is 12.3 Å². The highest BCUT2D eigenvalue weighted by Gasteiger charge is 2.19. The third-order valence-electron chi connectivity index (χ3n) is 3.26. The molecule has 2 heterocycles. The molecule has 2 rings (SSSR count). The second-order valence-corrected chi connectivity index (χ2v) is 5.37. The van der Waals surface area contributed by atoms with Crippen LogP contribution in [0.5, 0.6) is 0 Å². The number of hydrogen-bond donors (Lipinski definition) is 0. The summed E-state index contributed by atoms with van der Waals surface area (Å²) in [7, 11) is 0. The molecule has 0 unspecified atom stereocenters. The zero-order valence-electron chi connectivity index (χ0n) is 11.8. The molecule has 5 heteroatoms. The quantitative estimate of drug-likeness (QED) is 0.783. The topological polar surface area (TPSA) is 55.3 Å². The molecule has 0 atom stereocenters. The molecule has 19 heavy (non-hydrogen) atoms. The molecule has 0 aliphatic carbocycles. The zero-order chi connectivity index (χ0) is 13.8. The number of esters is 1. The lowest BCUT2D eigenvalue weighted by atomic mass is 10.00. The van der Waals surface area contributed by atoms with Crippen LogP contribution < -0.4 is 4.90 Å². The Balaban J connectivity index is 2.08. The molecule has 104 valence electrons. The van der Waals surface area contributed by atoms with Crippen molar-refractivity contribution in [3.63, 3.8) is 0 Å². The van der Waals surface area contributed by atoms with Crippen molar-refractivity contribution in [1.82, 2.24) is 9.97 Å². The molecule has 0 N–H and O–H groups in total. The number of anilines is 1. The number of ether oxygens (including phenoxy) is 1. The minimum atomic E-state index is -0.385. The highest BCUT2D eigenvalue weighted by molar-refractivity contribution is 5.87. The van der Waals surface area contributed by atoms with Gasteiger partial charge in [0.25, 0.3) is 0 Å². The Bertz CT molecular complexity index is 440. The third kappa shape index (κ3) is 3.66. The van der Waals surface area contributed by atoms with Crippen LogP contribution in [0.2, 0.25) is 0 Å². The summed E-state index contributed by atoms with van der Waals surface area (Å²) in [5.41, 5.74) is 0.331. The van der Waals surface area contributed by atoms with Gasteiger partial charge in [-0.1, -0.05) is 6.92 Å². The van der Waals surface area contributed by atoms with E-state index in [1.54, 1.807) is 12.3 Å². The van der Waals surface area contributed by atoms with E-state index in [9.17, 15) is 4.79 Å². The molecular weight excluding hydrogens is 242 g/mol. The van der Waals surface area contributed by atoms with Crippen LogP contribution in [0.4, 0.5) is 5.95 Å². The van der Waals surface area contributed by atoms with E-state index < -0.39 is 0 Å². The number of aromatic nitrogens is 2. The summed E-state index contributed by atoms with van der Waals surface area (Å²) >= 11 is 0. The van der Waals surface area contributed by atoms with Crippen molar-refractivity contribution < 1.29 is 9.53 Å². The van der Waals surface area contributed by atoms with E-state index in [1.807, 2.05) is 13.8 Å². The number of hydrogen-bond acceptors (Lipinski definition) is 5. The molecular formula is C14H21N3O2. The fourth-order valence-electron chi connectivity index (χ4n) is 2.10. The van der Waals surface area contributed by atoms with Gasteiger partial charge in [-0.2, -0.15) is 0 Å². The first kappa shape index (κ1) is 13.8. The van der Waals surface area contributed by atoms with E-state index in [0.717, 1.165) is 31.8 Å². The summed E-state index contributed by atoms with van der Waals surface area (Å²) in [6.45, 7) is 7.81. The minimum Gasteiger partial charge on any atom is -0.458 e. The van der Waals surface area contributed by atoms with Crippen molar-refractivity contribution >= 4 is 11.9 Å². The van der Waals surface area contributed by atoms with Gasteiger partial charge in [-0.05, 0) is 38.7 Å². The molecule has 0 bridgehead atoms. The lowest BCUT2D eigenvalue weighted by Gasteiger charge is -2.30. The smallest absolute Gasteiger partial charge is 0.357 e. The predicted octanol–water partition coefficient (Wildman–Crippen LogP) is 2.28. The first-order valence-electron chi connectivity index (χ1n) is 6.85. The molecule has 1 fully saturated rings. The van der Waals surface area contributed by atoms with Crippen molar-refractivity contribution in [3.8, 4) is 0 Å². The second-order valence-electron chi connectivity index (χ2n) is 5.37. The van der Waals surface area contributed by atoms with E-state index in [4.69, 9.17) is 4.74 Å². The highest BCUT2D eigenvalue weighted by Crippen LogP contribution is 2.19. The van der Waals surface area contributed by atoms with Crippen LogP contribution in [0.3, 0.4) is 0 Å². The summed E-state index contributed by atoms with van der Waals surface area (Å²) in [6.07, 6.45) is 3.77. The van der Waals surface area contributed by atoms with Gasteiger partial charge >= 0.3 is 5.97 Å². The van der Waals surface area contributed by atoms with Gasteiger partial charge in [-0.25, -0.2) is 14.8 Å². The minimum absolute atomic E-state index is 0.137. The molecule has 0 saturated carbocycles. The van der Waals surface area contributed by atoms with Gasteiger partial charge in [0.2, 0.25) is 5.95 Å². The molecule has 1 aliphatic heterocycles. The van der Waals surface area contributed by atoms with Crippen molar-refractivity contribution in [2.45, 2.75) is 39.7 Å². The summed E-state index contributed by atoms with van der Waals surface area (Å²) in [6, 6.07) is 1.60. The van der Waals surface area contributed by atoms with Crippen molar-refractivity contribution in [2.75, 3.05) is 18.0 Å². The van der Waals surface area contributed by atoms with Crippen molar-refractivity contribution in [3.05, 3.63) is 18.0 Å². The molecule has 0 aromatic carbocycles. The standard InChI is InChI=1S/C14H21N3O2/c1-10(2)19-13(18)12-4-7-15-14(16-12)17-8-5-11(3)6-9-17/h4,7,10-11H,5-6,8-9H2,1-3H3. The summed E-state index contributed by atoms with van der Waals surface area (Å²) in [5.74, 6) is 1.000. The van der Waals surface area contributed by atoms with Gasteiger partial charge in [-0.3, -0.25) is 0 Å². The molecule has 0 spiro atoms. The molecule has 1 aliphatic rings. The fraction of sp³-hybridized carbons (Fsp3) is 0.643. The monoisotopic (exact) mass is 263 g/mol. The van der Waals surface area contributed by atoms with Gasteiger partial charge < -0.3 is 9.64 Å². The van der Waals surface area contributed by atoms with Gasteiger partial charge in [0.05, 0.1) is 6.10 Å². The van der Waals surface area contributed by atoms with Crippen molar-refractivity contribution in [1.29, 1.82) is 0 Å². The number of carbonyl (C=O) groups is 1. The normalized spacial score (nSPS) is 16.7. The largest absolute Gasteiger partial charge is 0.458 e. The first-order valence-corrected chi connectivity index (χ1v) is 6.85. The Kier molecular flexibility index (Phi) is 4.35. The second kappa shape index (κ2) is 5.99.